The first-order chi connectivity index (χ1) is 8.75. The number of pyridine rings is 1. The second kappa shape index (κ2) is 4.99. The van der Waals surface area contributed by atoms with Crippen molar-refractivity contribution in [3.05, 3.63) is 51.2 Å². The van der Waals surface area contributed by atoms with Gasteiger partial charge in [-0.3, -0.25) is 4.98 Å². The zero-order valence-corrected chi connectivity index (χ0v) is 11.4. The van der Waals surface area contributed by atoms with Crippen LogP contribution in [0.25, 0.3) is 0 Å². The van der Waals surface area contributed by atoms with Crippen LogP contribution in [0.1, 0.15) is 26.9 Å². The molecule has 0 bridgehead atoms. The van der Waals surface area contributed by atoms with E-state index in [1.165, 1.54) is 22.4 Å². The smallest absolute Gasteiger partial charge is 0.146 e. The van der Waals surface area contributed by atoms with E-state index in [1.54, 1.807) is 23.6 Å². The molecule has 0 spiro atoms. The van der Waals surface area contributed by atoms with Crippen molar-refractivity contribution in [3.8, 4) is 0 Å². The Kier molecular flexibility index (Phi) is 3.37. The number of aryl methyl sites for hydroxylation is 1. The van der Waals surface area contributed by atoms with Crippen LogP contribution in [-0.4, -0.2) is 10.7 Å². The lowest BCUT2D eigenvalue weighted by Crippen LogP contribution is -2.12. The van der Waals surface area contributed by atoms with E-state index in [-0.39, 0.29) is 11.9 Å². The van der Waals surface area contributed by atoms with E-state index < -0.39 is 0 Å². The van der Waals surface area contributed by atoms with E-state index in [0.717, 1.165) is 17.1 Å². The van der Waals surface area contributed by atoms with Crippen molar-refractivity contribution < 1.29 is 4.39 Å². The van der Waals surface area contributed by atoms with Gasteiger partial charge in [-0.1, -0.05) is 0 Å². The summed E-state index contributed by atoms with van der Waals surface area (Å²) in [4.78, 5) is 6.22. The summed E-state index contributed by atoms with van der Waals surface area (Å²) in [5.74, 6) is 1.90. The molecule has 0 saturated carbocycles. The fraction of sp³-hybridized carbons (Fsp3) is 0.308. The van der Waals surface area contributed by atoms with Crippen LogP contribution in [-0.2, 0) is 12.2 Å². The third-order valence-corrected chi connectivity index (χ3v) is 5.42. The second-order valence-electron chi connectivity index (χ2n) is 4.27. The van der Waals surface area contributed by atoms with Gasteiger partial charge in [0.15, 0.2) is 0 Å². The molecule has 18 heavy (non-hydrogen) atoms. The third kappa shape index (κ3) is 2.18. The van der Waals surface area contributed by atoms with Crippen molar-refractivity contribution in [2.75, 3.05) is 5.75 Å². The maximum atomic E-state index is 13.7. The highest BCUT2D eigenvalue weighted by Gasteiger charge is 2.20. The van der Waals surface area contributed by atoms with Gasteiger partial charge in [-0.25, -0.2) is 4.39 Å². The molecular formula is C13H13FN2S2. The molecule has 5 heteroatoms. The second-order valence-corrected chi connectivity index (χ2v) is 6.55. The van der Waals surface area contributed by atoms with E-state index in [9.17, 15) is 4.39 Å². The van der Waals surface area contributed by atoms with Crippen molar-refractivity contribution in [3.63, 3.8) is 0 Å². The lowest BCUT2D eigenvalue weighted by molar-refractivity contribution is 0.594. The first-order valence-electron chi connectivity index (χ1n) is 5.80. The van der Waals surface area contributed by atoms with Crippen molar-refractivity contribution in [1.82, 2.24) is 4.98 Å². The van der Waals surface area contributed by atoms with Gasteiger partial charge in [0.1, 0.15) is 5.82 Å². The summed E-state index contributed by atoms with van der Waals surface area (Å²) in [7, 11) is 0. The lowest BCUT2D eigenvalue weighted by Gasteiger charge is -2.10. The van der Waals surface area contributed by atoms with Crippen LogP contribution < -0.4 is 5.73 Å². The zero-order valence-electron chi connectivity index (χ0n) is 9.73. The number of thioether (sulfide) groups is 1. The molecule has 2 nitrogen and oxygen atoms in total. The molecule has 1 aliphatic heterocycles. The maximum absolute atomic E-state index is 13.7. The van der Waals surface area contributed by atoms with E-state index in [4.69, 9.17) is 5.73 Å². The van der Waals surface area contributed by atoms with Crippen LogP contribution in [0.2, 0.25) is 0 Å². The highest BCUT2D eigenvalue weighted by Crippen LogP contribution is 2.35. The Hall–Kier alpha value is -0.910. The van der Waals surface area contributed by atoms with Crippen molar-refractivity contribution in [1.29, 1.82) is 0 Å². The Morgan fingerprint density at radius 2 is 2.33 bits per heavy atom. The minimum atomic E-state index is -0.381. The molecule has 2 aromatic heterocycles. The molecule has 1 unspecified atom stereocenters. The van der Waals surface area contributed by atoms with Gasteiger partial charge in [0.25, 0.3) is 0 Å². The SMILES string of the molecule is NC(c1cc2c(s1)CCSC2)c1ccncc1F. The molecule has 0 amide bonds. The number of hydrogen-bond donors (Lipinski definition) is 1. The minimum absolute atomic E-state index is 0.328. The molecule has 94 valence electrons. The number of thiophene rings is 1. The van der Waals surface area contributed by atoms with Crippen LogP contribution in [0.15, 0.2) is 24.5 Å². The summed E-state index contributed by atoms with van der Waals surface area (Å²) < 4.78 is 13.7. The largest absolute Gasteiger partial charge is 0.320 e. The monoisotopic (exact) mass is 280 g/mol. The molecule has 3 rings (SSSR count). The standard InChI is InChI=1S/C13H13FN2S2/c14-10-6-16-3-1-9(10)13(15)12-5-8-7-17-4-2-11(8)18-12/h1,3,5-6,13H,2,4,7,15H2. The molecule has 2 N–H and O–H groups in total. The number of fused-ring (bicyclic) bond motifs is 1. The topological polar surface area (TPSA) is 38.9 Å². The van der Waals surface area contributed by atoms with Crippen LogP contribution in [0.4, 0.5) is 4.39 Å². The molecular weight excluding hydrogens is 267 g/mol. The predicted octanol–water partition coefficient (Wildman–Crippen LogP) is 3.12. The van der Waals surface area contributed by atoms with Crippen LogP contribution >= 0.6 is 23.1 Å². The minimum Gasteiger partial charge on any atom is -0.320 e. The number of hydrogen-bond acceptors (Lipinski definition) is 4. The Morgan fingerprint density at radius 3 is 3.11 bits per heavy atom. The van der Waals surface area contributed by atoms with Crippen LogP contribution in [0, 0.1) is 5.82 Å². The van der Waals surface area contributed by atoms with Gasteiger partial charge in [-0.05, 0) is 29.9 Å². The van der Waals surface area contributed by atoms with E-state index >= 15 is 0 Å². The molecule has 1 atom stereocenters. The maximum Gasteiger partial charge on any atom is 0.146 e. The Labute approximate surface area is 113 Å². The van der Waals surface area contributed by atoms with E-state index in [1.807, 2.05) is 11.8 Å². The predicted molar refractivity (Wildman–Crippen MR) is 74.4 cm³/mol. The van der Waals surface area contributed by atoms with Gasteiger partial charge < -0.3 is 5.73 Å². The average molecular weight is 280 g/mol. The summed E-state index contributed by atoms with van der Waals surface area (Å²) >= 11 is 3.66. The van der Waals surface area contributed by atoms with Gasteiger partial charge in [0, 0.05) is 27.3 Å². The fourth-order valence-corrected chi connectivity index (χ4v) is 4.51. The Balaban J connectivity index is 1.95. The van der Waals surface area contributed by atoms with Crippen LogP contribution in [0.5, 0.6) is 0 Å². The van der Waals surface area contributed by atoms with Crippen LogP contribution in [0.3, 0.4) is 0 Å². The average Bonchev–Trinajstić information content (AvgIpc) is 2.82. The zero-order chi connectivity index (χ0) is 12.5. The van der Waals surface area contributed by atoms with E-state index in [2.05, 4.69) is 11.1 Å². The fourth-order valence-electron chi connectivity index (χ4n) is 2.11. The lowest BCUT2D eigenvalue weighted by atomic mass is 10.1. The highest BCUT2D eigenvalue weighted by molar-refractivity contribution is 7.98. The highest BCUT2D eigenvalue weighted by atomic mass is 32.2. The molecule has 0 saturated heterocycles. The molecule has 0 aromatic carbocycles. The first-order valence-corrected chi connectivity index (χ1v) is 7.77. The third-order valence-electron chi connectivity index (χ3n) is 3.09. The number of rotatable bonds is 2. The molecule has 0 aliphatic carbocycles. The van der Waals surface area contributed by atoms with Crippen molar-refractivity contribution in [2.45, 2.75) is 18.2 Å². The van der Waals surface area contributed by atoms with Gasteiger partial charge >= 0.3 is 0 Å². The number of aromatic nitrogens is 1. The van der Waals surface area contributed by atoms with Crippen molar-refractivity contribution in [2.24, 2.45) is 5.73 Å². The van der Waals surface area contributed by atoms with E-state index in [0.29, 0.717) is 5.56 Å². The normalized spacial score (nSPS) is 16.3. The Morgan fingerprint density at radius 1 is 1.44 bits per heavy atom. The molecule has 1 aliphatic rings. The van der Waals surface area contributed by atoms with Gasteiger partial charge in [0.2, 0.25) is 0 Å². The van der Waals surface area contributed by atoms with Gasteiger partial charge in [-0.15, -0.1) is 11.3 Å². The number of nitrogens with zero attached hydrogens (tertiary/aromatic N) is 1. The number of halogens is 1. The summed E-state index contributed by atoms with van der Waals surface area (Å²) in [6.07, 6.45) is 3.91. The van der Waals surface area contributed by atoms with Gasteiger partial charge in [-0.2, -0.15) is 11.8 Å². The summed E-state index contributed by atoms with van der Waals surface area (Å²) in [5, 5.41) is 0. The van der Waals surface area contributed by atoms with Crippen molar-refractivity contribution >= 4 is 23.1 Å². The molecule has 0 fully saturated rings. The molecule has 0 radical (unpaired) electrons. The van der Waals surface area contributed by atoms with Gasteiger partial charge in [0.05, 0.1) is 12.2 Å². The quantitative estimate of drug-likeness (QED) is 0.918. The molecule has 2 aromatic rings. The Bertz CT molecular complexity index is 544. The summed E-state index contributed by atoms with van der Waals surface area (Å²) in [5.41, 5.74) is 8.06. The first kappa shape index (κ1) is 12.1. The molecule has 3 heterocycles. The summed E-state index contributed by atoms with van der Waals surface area (Å²) in [6, 6.07) is 3.41. The number of nitrogens with two attached hydrogens (primary N) is 1. The summed E-state index contributed by atoms with van der Waals surface area (Å²) in [6.45, 7) is 0.